The highest BCUT2D eigenvalue weighted by Gasteiger charge is 2.32. The molecule has 0 saturated carbocycles. The minimum Gasteiger partial charge on any atom is -0.343 e. The lowest BCUT2D eigenvalue weighted by Gasteiger charge is -2.32. The van der Waals surface area contributed by atoms with Crippen LogP contribution in [0.1, 0.15) is 47.5 Å². The van der Waals surface area contributed by atoms with Gasteiger partial charge in [-0.25, -0.2) is 17.9 Å². The van der Waals surface area contributed by atoms with Crippen molar-refractivity contribution >= 4 is 21.4 Å². The number of amides is 1. The molecule has 7 nitrogen and oxygen atoms in total. The van der Waals surface area contributed by atoms with E-state index in [4.69, 9.17) is 0 Å². The number of sulfone groups is 1. The van der Waals surface area contributed by atoms with Crippen molar-refractivity contribution in [2.75, 3.05) is 13.1 Å². The van der Waals surface area contributed by atoms with E-state index in [1.165, 1.54) is 0 Å². The van der Waals surface area contributed by atoms with Gasteiger partial charge in [0, 0.05) is 37.0 Å². The van der Waals surface area contributed by atoms with E-state index >= 15 is 0 Å². The van der Waals surface area contributed by atoms with Gasteiger partial charge in [-0.1, -0.05) is 17.7 Å². The number of hydrogen-bond donors (Lipinski definition) is 0. The van der Waals surface area contributed by atoms with Crippen molar-refractivity contribution in [2.45, 2.75) is 63.5 Å². The van der Waals surface area contributed by atoms with E-state index in [0.29, 0.717) is 43.7 Å². The van der Waals surface area contributed by atoms with Gasteiger partial charge in [0.2, 0.25) is 5.91 Å². The van der Waals surface area contributed by atoms with Crippen molar-refractivity contribution < 1.29 is 13.2 Å². The predicted octanol–water partition coefficient (Wildman–Crippen LogP) is 3.36. The topological polar surface area (TPSA) is 84.6 Å². The molecule has 1 saturated heterocycles. The third kappa shape index (κ3) is 4.28. The molecule has 0 N–H and O–H groups in total. The van der Waals surface area contributed by atoms with Crippen LogP contribution < -0.4 is 0 Å². The van der Waals surface area contributed by atoms with E-state index < -0.39 is 15.1 Å². The largest absolute Gasteiger partial charge is 0.343 e. The Kier molecular flexibility index (Phi) is 6.07. The number of hydrogen-bond acceptors (Lipinski definition) is 5. The van der Waals surface area contributed by atoms with Crippen molar-refractivity contribution in [3.63, 3.8) is 0 Å². The van der Waals surface area contributed by atoms with Gasteiger partial charge < -0.3 is 4.90 Å². The number of aryl methyl sites for hydroxylation is 4. The van der Waals surface area contributed by atoms with Crippen molar-refractivity contribution in [2.24, 2.45) is 0 Å². The van der Waals surface area contributed by atoms with E-state index in [-0.39, 0.29) is 5.91 Å². The summed E-state index contributed by atoms with van der Waals surface area (Å²) in [5.41, 5.74) is 5.75. The fraction of sp³-hybridized carbons (Fsp3) is 0.458. The second kappa shape index (κ2) is 8.65. The maximum absolute atomic E-state index is 13.0. The van der Waals surface area contributed by atoms with Gasteiger partial charge in [0.15, 0.2) is 15.5 Å². The Labute approximate surface area is 189 Å². The van der Waals surface area contributed by atoms with Gasteiger partial charge in [-0.2, -0.15) is 5.10 Å². The molecule has 0 unspecified atom stereocenters. The second-order valence-corrected chi connectivity index (χ2v) is 11.0. The van der Waals surface area contributed by atoms with Crippen LogP contribution >= 0.6 is 0 Å². The Morgan fingerprint density at radius 3 is 2.38 bits per heavy atom. The molecular weight excluding hydrogens is 424 g/mol. The van der Waals surface area contributed by atoms with Crippen LogP contribution in [-0.4, -0.2) is 52.2 Å². The number of nitrogens with zero attached hydrogens (tertiary/aromatic N) is 4. The molecule has 0 radical (unpaired) electrons. The Hall–Kier alpha value is -2.74. The molecule has 170 valence electrons. The van der Waals surface area contributed by atoms with Gasteiger partial charge in [0.1, 0.15) is 0 Å². The zero-order chi connectivity index (χ0) is 23.0. The second-order valence-electron chi connectivity index (χ2n) is 8.76. The SMILES string of the molecule is Cc1ccc(S(=O)(=O)C2CCN(C(=O)CCc3c(C)nc4cc(C)nn4c3C)CC2)cc1. The molecule has 4 rings (SSSR count). The molecule has 0 atom stereocenters. The van der Waals surface area contributed by atoms with Gasteiger partial charge >= 0.3 is 0 Å². The summed E-state index contributed by atoms with van der Waals surface area (Å²) in [5, 5.41) is 4.06. The summed E-state index contributed by atoms with van der Waals surface area (Å²) in [7, 11) is -3.37. The summed E-state index contributed by atoms with van der Waals surface area (Å²) in [5.74, 6) is 0.0618. The molecule has 0 bridgehead atoms. The monoisotopic (exact) mass is 454 g/mol. The lowest BCUT2D eigenvalue weighted by Crippen LogP contribution is -2.42. The summed E-state index contributed by atoms with van der Waals surface area (Å²) in [6, 6.07) is 8.96. The molecule has 1 amide bonds. The van der Waals surface area contributed by atoms with E-state index in [2.05, 4.69) is 10.1 Å². The normalized spacial score (nSPS) is 15.4. The third-order valence-electron chi connectivity index (χ3n) is 6.46. The molecule has 1 aliphatic rings. The highest BCUT2D eigenvalue weighted by Crippen LogP contribution is 2.25. The number of likely N-dealkylation sites (tertiary alicyclic amines) is 1. The average Bonchev–Trinajstić information content (AvgIpc) is 3.14. The molecule has 0 aliphatic carbocycles. The number of fused-ring (bicyclic) bond motifs is 1. The molecule has 3 heterocycles. The van der Waals surface area contributed by atoms with Crippen molar-refractivity contribution in [1.82, 2.24) is 19.5 Å². The fourth-order valence-corrected chi connectivity index (χ4v) is 6.26. The van der Waals surface area contributed by atoms with Crippen LogP contribution in [0.3, 0.4) is 0 Å². The van der Waals surface area contributed by atoms with Gasteiger partial charge in [-0.05, 0) is 64.7 Å². The van der Waals surface area contributed by atoms with Crippen LogP contribution in [0.5, 0.6) is 0 Å². The molecule has 32 heavy (non-hydrogen) atoms. The van der Waals surface area contributed by atoms with Crippen molar-refractivity contribution in [1.29, 1.82) is 0 Å². The van der Waals surface area contributed by atoms with Crippen LogP contribution in [0.15, 0.2) is 35.2 Å². The zero-order valence-electron chi connectivity index (χ0n) is 19.1. The Morgan fingerprint density at radius 2 is 1.72 bits per heavy atom. The summed E-state index contributed by atoms with van der Waals surface area (Å²) in [6.07, 6.45) is 1.92. The Bertz CT molecular complexity index is 1250. The number of carbonyl (C=O) groups excluding carboxylic acids is 1. The molecule has 1 aromatic carbocycles. The molecular formula is C24H30N4O3S. The molecule has 0 spiro atoms. The molecule has 1 aliphatic heterocycles. The number of carbonyl (C=O) groups is 1. The molecule has 2 aromatic heterocycles. The number of benzene rings is 1. The first-order valence-corrected chi connectivity index (χ1v) is 12.6. The van der Waals surface area contributed by atoms with Crippen LogP contribution in [-0.2, 0) is 21.1 Å². The first-order chi connectivity index (χ1) is 15.2. The molecule has 1 fully saturated rings. The van der Waals surface area contributed by atoms with Crippen molar-refractivity contribution in [3.8, 4) is 0 Å². The first-order valence-electron chi connectivity index (χ1n) is 11.1. The highest BCUT2D eigenvalue weighted by molar-refractivity contribution is 7.92. The maximum atomic E-state index is 13.0. The lowest BCUT2D eigenvalue weighted by molar-refractivity contribution is -0.132. The number of rotatable bonds is 5. The van der Waals surface area contributed by atoms with E-state index in [1.807, 2.05) is 50.4 Å². The Balaban J connectivity index is 1.38. The van der Waals surface area contributed by atoms with Gasteiger partial charge in [-0.15, -0.1) is 0 Å². The van der Waals surface area contributed by atoms with Crippen molar-refractivity contribution in [3.05, 3.63) is 58.5 Å². The van der Waals surface area contributed by atoms with Crippen LogP contribution in [0.25, 0.3) is 5.65 Å². The molecule has 3 aromatic rings. The van der Waals surface area contributed by atoms with Crippen LogP contribution in [0, 0.1) is 27.7 Å². The maximum Gasteiger partial charge on any atom is 0.222 e. The number of piperidine rings is 1. The average molecular weight is 455 g/mol. The standard InChI is InChI=1S/C24H30N4O3S/c1-16-5-7-20(8-6-16)32(30,31)21-11-13-27(14-12-21)24(29)10-9-22-18(3)25-23-15-17(2)26-28(23)19(22)4/h5-8,15,21H,9-14H2,1-4H3. The van der Waals surface area contributed by atoms with Gasteiger partial charge in [0.05, 0.1) is 15.8 Å². The van der Waals surface area contributed by atoms with Gasteiger partial charge in [0.25, 0.3) is 0 Å². The molecule has 8 heteroatoms. The van der Waals surface area contributed by atoms with E-state index in [1.54, 1.807) is 17.0 Å². The quantitative estimate of drug-likeness (QED) is 0.590. The van der Waals surface area contributed by atoms with E-state index in [9.17, 15) is 13.2 Å². The van der Waals surface area contributed by atoms with Crippen LogP contribution in [0.4, 0.5) is 0 Å². The fourth-order valence-electron chi connectivity index (χ4n) is 4.53. The zero-order valence-corrected chi connectivity index (χ0v) is 19.9. The summed E-state index contributed by atoms with van der Waals surface area (Å²) in [4.78, 5) is 19.7. The van der Waals surface area contributed by atoms with Gasteiger partial charge in [-0.3, -0.25) is 4.79 Å². The summed E-state index contributed by atoms with van der Waals surface area (Å²) < 4.78 is 27.7. The summed E-state index contributed by atoms with van der Waals surface area (Å²) in [6.45, 7) is 8.80. The Morgan fingerprint density at radius 1 is 1.06 bits per heavy atom. The predicted molar refractivity (Wildman–Crippen MR) is 123 cm³/mol. The first kappa shape index (κ1) is 22.5. The smallest absolute Gasteiger partial charge is 0.222 e. The minimum absolute atomic E-state index is 0.0618. The summed E-state index contributed by atoms with van der Waals surface area (Å²) >= 11 is 0. The van der Waals surface area contributed by atoms with Crippen LogP contribution in [0.2, 0.25) is 0 Å². The minimum atomic E-state index is -3.37. The number of aromatic nitrogens is 3. The van der Waals surface area contributed by atoms with E-state index in [0.717, 1.165) is 33.9 Å². The lowest BCUT2D eigenvalue weighted by atomic mass is 10.0. The third-order valence-corrected chi connectivity index (χ3v) is 8.74. The highest BCUT2D eigenvalue weighted by atomic mass is 32.2.